The first-order valence-electron chi connectivity index (χ1n) is 10.2. The van der Waals surface area contributed by atoms with Crippen molar-refractivity contribution in [2.75, 3.05) is 7.11 Å². The molecular formula is C23H27F3O. The third-order valence-electron chi connectivity index (χ3n) is 7.07. The molecule has 2 saturated carbocycles. The third-order valence-corrected chi connectivity index (χ3v) is 7.07. The van der Waals surface area contributed by atoms with Gasteiger partial charge in [-0.3, -0.25) is 0 Å². The Morgan fingerprint density at radius 2 is 1.67 bits per heavy atom. The van der Waals surface area contributed by atoms with Crippen LogP contribution in [0, 0.1) is 35.2 Å². The first-order chi connectivity index (χ1) is 13.0. The number of fused-ring (bicyclic) bond motifs is 2. The quantitative estimate of drug-likeness (QED) is 0.562. The summed E-state index contributed by atoms with van der Waals surface area (Å²) in [6, 6.07) is 4.74. The smallest absolute Gasteiger partial charge is 0.175 e. The molecule has 0 saturated heterocycles. The maximum absolute atomic E-state index is 14.9. The molecule has 4 unspecified atom stereocenters. The van der Waals surface area contributed by atoms with Crippen molar-refractivity contribution in [2.45, 2.75) is 57.8 Å². The van der Waals surface area contributed by atoms with Crippen molar-refractivity contribution >= 4 is 10.8 Å². The van der Waals surface area contributed by atoms with E-state index in [4.69, 9.17) is 4.74 Å². The Morgan fingerprint density at radius 3 is 2.41 bits per heavy atom. The van der Waals surface area contributed by atoms with Crippen molar-refractivity contribution in [1.82, 2.24) is 0 Å². The zero-order valence-corrected chi connectivity index (χ0v) is 16.0. The molecule has 0 aliphatic heterocycles. The van der Waals surface area contributed by atoms with Crippen LogP contribution in [-0.2, 0) is 0 Å². The number of rotatable bonds is 3. The van der Waals surface area contributed by atoms with Gasteiger partial charge in [-0.1, -0.05) is 25.8 Å². The average molecular weight is 376 g/mol. The zero-order valence-electron chi connectivity index (χ0n) is 16.0. The fourth-order valence-corrected chi connectivity index (χ4v) is 5.48. The lowest BCUT2D eigenvalue weighted by Gasteiger charge is -2.42. The predicted octanol–water partition coefficient (Wildman–Crippen LogP) is 6.98. The molecule has 0 bridgehead atoms. The lowest BCUT2D eigenvalue weighted by Crippen LogP contribution is -2.30. The molecule has 146 valence electrons. The highest BCUT2D eigenvalue weighted by Gasteiger charge is 2.37. The van der Waals surface area contributed by atoms with E-state index in [1.54, 1.807) is 12.1 Å². The SMILES string of the molecule is CCC1CCC2CC(c3cc4ccc(OC)c(F)c4c(F)c3F)CCC2C1. The van der Waals surface area contributed by atoms with E-state index in [-0.39, 0.29) is 17.1 Å². The van der Waals surface area contributed by atoms with Gasteiger partial charge >= 0.3 is 0 Å². The van der Waals surface area contributed by atoms with Crippen molar-refractivity contribution in [2.24, 2.45) is 17.8 Å². The number of halogens is 3. The standard InChI is InChI=1S/C23H27F3O/c1-3-13-4-5-15-11-16(7-6-14(15)10-13)18-12-17-8-9-19(27-2)22(25)20(17)23(26)21(18)24/h8-9,12-16H,3-7,10-11H2,1-2H3. The lowest BCUT2D eigenvalue weighted by atomic mass is 9.63. The number of methoxy groups -OCH3 is 1. The highest BCUT2D eigenvalue weighted by molar-refractivity contribution is 5.86. The largest absolute Gasteiger partial charge is 0.494 e. The number of hydrogen-bond donors (Lipinski definition) is 0. The summed E-state index contributed by atoms with van der Waals surface area (Å²) in [4.78, 5) is 0. The molecule has 4 rings (SSSR count). The fourth-order valence-electron chi connectivity index (χ4n) is 5.48. The minimum Gasteiger partial charge on any atom is -0.494 e. The second-order valence-electron chi connectivity index (χ2n) is 8.39. The molecule has 2 aliphatic rings. The Morgan fingerprint density at radius 1 is 0.926 bits per heavy atom. The monoisotopic (exact) mass is 376 g/mol. The van der Waals surface area contributed by atoms with E-state index in [0.717, 1.165) is 31.1 Å². The summed E-state index contributed by atoms with van der Waals surface area (Å²) < 4.78 is 49.0. The minimum atomic E-state index is -1.09. The van der Waals surface area contributed by atoms with Crippen LogP contribution in [-0.4, -0.2) is 7.11 Å². The van der Waals surface area contributed by atoms with E-state index >= 15 is 0 Å². The van der Waals surface area contributed by atoms with Gasteiger partial charge < -0.3 is 4.74 Å². The summed E-state index contributed by atoms with van der Waals surface area (Å²) in [5.41, 5.74) is 0.417. The van der Waals surface area contributed by atoms with Crippen LogP contribution in [0.4, 0.5) is 13.2 Å². The summed E-state index contributed by atoms with van der Waals surface area (Å²) in [5.74, 6) is -0.686. The van der Waals surface area contributed by atoms with Crippen molar-refractivity contribution in [3.8, 4) is 5.75 Å². The first kappa shape index (κ1) is 18.6. The Kier molecular flexibility index (Phi) is 5.09. The molecule has 2 fully saturated rings. The van der Waals surface area contributed by atoms with E-state index in [0.29, 0.717) is 16.9 Å². The van der Waals surface area contributed by atoms with Gasteiger partial charge in [0, 0.05) is 0 Å². The van der Waals surface area contributed by atoms with Crippen LogP contribution in [0.2, 0.25) is 0 Å². The summed E-state index contributed by atoms with van der Waals surface area (Å²) in [7, 11) is 1.32. The lowest BCUT2D eigenvalue weighted by molar-refractivity contribution is 0.115. The molecule has 2 aliphatic carbocycles. The molecule has 0 amide bonds. The Bertz CT molecular complexity index is 847. The molecule has 1 nitrogen and oxygen atoms in total. The van der Waals surface area contributed by atoms with E-state index in [9.17, 15) is 13.2 Å². The summed E-state index contributed by atoms with van der Waals surface area (Å²) in [6.45, 7) is 2.26. The van der Waals surface area contributed by atoms with Crippen LogP contribution >= 0.6 is 0 Å². The molecule has 2 aromatic rings. The molecule has 4 atom stereocenters. The van der Waals surface area contributed by atoms with Crippen molar-refractivity contribution < 1.29 is 17.9 Å². The van der Waals surface area contributed by atoms with Gasteiger partial charge in [0.25, 0.3) is 0 Å². The minimum absolute atomic E-state index is 0.0217. The maximum atomic E-state index is 14.9. The van der Waals surface area contributed by atoms with Gasteiger partial charge in [0.1, 0.15) is 0 Å². The summed E-state index contributed by atoms with van der Waals surface area (Å²) in [6.07, 6.45) is 7.87. The van der Waals surface area contributed by atoms with Crippen LogP contribution in [0.3, 0.4) is 0 Å². The molecule has 2 aromatic carbocycles. The summed E-state index contributed by atoms with van der Waals surface area (Å²) >= 11 is 0. The van der Waals surface area contributed by atoms with Crippen LogP contribution in [0.5, 0.6) is 5.75 Å². The van der Waals surface area contributed by atoms with E-state index in [2.05, 4.69) is 6.92 Å². The summed E-state index contributed by atoms with van der Waals surface area (Å²) in [5, 5.41) is 0.0896. The molecule has 0 radical (unpaired) electrons. The van der Waals surface area contributed by atoms with Crippen LogP contribution in [0.15, 0.2) is 18.2 Å². The highest BCUT2D eigenvalue weighted by atomic mass is 19.2. The number of hydrogen-bond acceptors (Lipinski definition) is 1. The fraction of sp³-hybridized carbons (Fsp3) is 0.565. The Hall–Kier alpha value is -1.71. The molecule has 0 aromatic heterocycles. The first-order valence-corrected chi connectivity index (χ1v) is 10.2. The normalized spacial score (nSPS) is 28.2. The van der Waals surface area contributed by atoms with Gasteiger partial charge in [-0.25, -0.2) is 13.2 Å². The Balaban J connectivity index is 1.66. The van der Waals surface area contributed by atoms with Gasteiger partial charge in [0.2, 0.25) is 0 Å². The topological polar surface area (TPSA) is 9.23 Å². The second-order valence-corrected chi connectivity index (χ2v) is 8.39. The van der Waals surface area contributed by atoms with E-state index in [1.165, 1.54) is 38.9 Å². The van der Waals surface area contributed by atoms with Crippen molar-refractivity contribution in [3.63, 3.8) is 0 Å². The van der Waals surface area contributed by atoms with Gasteiger partial charge in [0.05, 0.1) is 12.5 Å². The van der Waals surface area contributed by atoms with Gasteiger partial charge in [0.15, 0.2) is 23.2 Å². The molecular weight excluding hydrogens is 349 g/mol. The third kappa shape index (κ3) is 3.21. The predicted molar refractivity (Wildman–Crippen MR) is 102 cm³/mol. The van der Waals surface area contributed by atoms with Crippen LogP contribution < -0.4 is 4.74 Å². The molecule has 4 heteroatoms. The second kappa shape index (κ2) is 7.37. The molecule has 0 spiro atoms. The number of ether oxygens (including phenoxy) is 1. The highest BCUT2D eigenvalue weighted by Crippen LogP contribution is 2.49. The number of benzene rings is 2. The van der Waals surface area contributed by atoms with E-state index in [1.807, 2.05) is 0 Å². The van der Waals surface area contributed by atoms with Gasteiger partial charge in [-0.15, -0.1) is 0 Å². The van der Waals surface area contributed by atoms with Crippen LogP contribution in [0.1, 0.15) is 63.4 Å². The maximum Gasteiger partial charge on any atom is 0.175 e. The van der Waals surface area contributed by atoms with Crippen molar-refractivity contribution in [3.05, 3.63) is 41.2 Å². The van der Waals surface area contributed by atoms with Gasteiger partial charge in [-0.2, -0.15) is 0 Å². The average Bonchev–Trinajstić information content (AvgIpc) is 2.69. The van der Waals surface area contributed by atoms with Crippen LogP contribution in [0.25, 0.3) is 10.8 Å². The molecule has 0 heterocycles. The van der Waals surface area contributed by atoms with Gasteiger partial charge in [-0.05, 0) is 78.9 Å². The van der Waals surface area contributed by atoms with Crippen molar-refractivity contribution in [1.29, 1.82) is 0 Å². The zero-order chi connectivity index (χ0) is 19.1. The van der Waals surface area contributed by atoms with E-state index < -0.39 is 17.5 Å². The Labute approximate surface area is 158 Å². The molecule has 27 heavy (non-hydrogen) atoms. The molecule has 0 N–H and O–H groups in total.